The molecule has 0 aliphatic heterocycles. The molecule has 0 bridgehead atoms. The molecule has 46 heavy (non-hydrogen) atoms. The van der Waals surface area contributed by atoms with Gasteiger partial charge in [-0.05, 0) is 32.1 Å². The molecule has 0 heterocycles. The number of allylic oxidation sites excluding steroid dienone is 3. The van der Waals surface area contributed by atoms with Crippen LogP contribution < -0.4 is 5.32 Å². The molecule has 0 aliphatic carbocycles. The first-order valence-electron chi connectivity index (χ1n) is 20.6. The summed E-state index contributed by atoms with van der Waals surface area (Å²) in [6.07, 6.45) is 48.5. The van der Waals surface area contributed by atoms with E-state index in [0.717, 1.165) is 32.1 Å². The first-order chi connectivity index (χ1) is 22.7. The van der Waals surface area contributed by atoms with E-state index >= 15 is 0 Å². The zero-order valence-electron chi connectivity index (χ0n) is 31.1. The second-order valence-corrected chi connectivity index (χ2v) is 14.1. The lowest BCUT2D eigenvalue weighted by molar-refractivity contribution is -0.123. The van der Waals surface area contributed by atoms with E-state index in [1.807, 2.05) is 6.08 Å². The molecular weight excluding hydrogens is 566 g/mol. The quantitative estimate of drug-likeness (QED) is 0.0464. The molecule has 4 nitrogen and oxygen atoms in total. The molecule has 272 valence electrons. The molecule has 0 unspecified atom stereocenters. The minimum absolute atomic E-state index is 0.0720. The number of nitrogens with one attached hydrogen (secondary N) is 1. The van der Waals surface area contributed by atoms with Gasteiger partial charge in [0.05, 0.1) is 18.8 Å². The Labute approximate surface area is 288 Å². The van der Waals surface area contributed by atoms with Crippen LogP contribution in [0.25, 0.3) is 0 Å². The summed E-state index contributed by atoms with van der Waals surface area (Å²) >= 11 is 0. The maximum absolute atomic E-state index is 12.3. The minimum Gasteiger partial charge on any atom is -0.394 e. The number of amides is 1. The van der Waals surface area contributed by atoms with Gasteiger partial charge in [-0.1, -0.05) is 205 Å². The van der Waals surface area contributed by atoms with Crippen molar-refractivity contribution < 1.29 is 15.0 Å². The second-order valence-electron chi connectivity index (χ2n) is 14.1. The highest BCUT2D eigenvalue weighted by molar-refractivity contribution is 5.76. The Morgan fingerprint density at radius 1 is 0.500 bits per heavy atom. The van der Waals surface area contributed by atoms with Gasteiger partial charge < -0.3 is 15.5 Å². The standard InChI is InChI=1S/C42H81NO3/c1-3-5-7-9-11-13-15-17-18-19-20-21-22-23-24-25-26-28-30-32-34-36-38-42(46)43-40(39-44)41(45)37-35-33-31-29-27-16-14-12-10-8-6-4-2/h27,29,35,37,40-41,44-45H,3-26,28,30-34,36,38-39H2,1-2H3,(H,43,46)/b29-27+,37-35+/t40-,41+/m0/s1. The Morgan fingerprint density at radius 3 is 1.26 bits per heavy atom. The number of unbranched alkanes of at least 4 members (excludes halogenated alkanes) is 28. The first kappa shape index (κ1) is 44.9. The van der Waals surface area contributed by atoms with Gasteiger partial charge in [-0.15, -0.1) is 0 Å². The number of rotatable bonds is 37. The van der Waals surface area contributed by atoms with Crippen molar-refractivity contribution in [3.8, 4) is 0 Å². The van der Waals surface area contributed by atoms with Crippen molar-refractivity contribution in [3.63, 3.8) is 0 Å². The van der Waals surface area contributed by atoms with E-state index < -0.39 is 12.1 Å². The monoisotopic (exact) mass is 648 g/mol. The molecule has 0 aromatic heterocycles. The fourth-order valence-corrected chi connectivity index (χ4v) is 6.25. The Kier molecular flexibility index (Phi) is 37.4. The third-order valence-electron chi connectivity index (χ3n) is 9.44. The number of hydrogen-bond acceptors (Lipinski definition) is 3. The summed E-state index contributed by atoms with van der Waals surface area (Å²) in [5.74, 6) is -0.0720. The second kappa shape index (κ2) is 38.3. The van der Waals surface area contributed by atoms with Crippen LogP contribution in [0.3, 0.4) is 0 Å². The van der Waals surface area contributed by atoms with Crippen LogP contribution >= 0.6 is 0 Å². The maximum atomic E-state index is 12.3. The lowest BCUT2D eigenvalue weighted by atomic mass is 10.0. The van der Waals surface area contributed by atoms with Gasteiger partial charge in [0.1, 0.15) is 0 Å². The van der Waals surface area contributed by atoms with Crippen molar-refractivity contribution in [3.05, 3.63) is 24.3 Å². The lowest BCUT2D eigenvalue weighted by Crippen LogP contribution is -2.45. The summed E-state index contributed by atoms with van der Waals surface area (Å²) in [5, 5.41) is 22.9. The summed E-state index contributed by atoms with van der Waals surface area (Å²) in [7, 11) is 0. The van der Waals surface area contributed by atoms with Gasteiger partial charge in [-0.3, -0.25) is 4.79 Å². The van der Waals surface area contributed by atoms with Gasteiger partial charge in [0.15, 0.2) is 0 Å². The Hall–Kier alpha value is -1.13. The average Bonchev–Trinajstić information content (AvgIpc) is 3.06. The van der Waals surface area contributed by atoms with E-state index in [9.17, 15) is 15.0 Å². The third kappa shape index (κ3) is 34.2. The Bertz CT molecular complexity index is 661. The van der Waals surface area contributed by atoms with E-state index in [4.69, 9.17) is 0 Å². The van der Waals surface area contributed by atoms with Crippen LogP contribution in [0, 0.1) is 0 Å². The van der Waals surface area contributed by atoms with Crippen molar-refractivity contribution >= 4 is 5.91 Å². The average molecular weight is 648 g/mol. The topological polar surface area (TPSA) is 69.6 Å². The molecule has 0 saturated carbocycles. The van der Waals surface area contributed by atoms with Crippen molar-refractivity contribution in [1.82, 2.24) is 5.32 Å². The molecule has 0 aliphatic rings. The molecule has 2 atom stereocenters. The van der Waals surface area contributed by atoms with Gasteiger partial charge in [0.25, 0.3) is 0 Å². The highest BCUT2D eigenvalue weighted by atomic mass is 16.3. The molecular formula is C42H81NO3. The van der Waals surface area contributed by atoms with E-state index in [0.29, 0.717) is 6.42 Å². The molecule has 0 rings (SSSR count). The molecule has 0 aromatic carbocycles. The van der Waals surface area contributed by atoms with Gasteiger partial charge >= 0.3 is 0 Å². The summed E-state index contributed by atoms with van der Waals surface area (Å²) in [6.45, 7) is 4.29. The molecule has 0 saturated heterocycles. The highest BCUT2D eigenvalue weighted by Gasteiger charge is 2.17. The number of carbonyl (C=O) groups excluding carboxylic acids is 1. The molecule has 4 heteroatoms. The number of carbonyl (C=O) groups is 1. The van der Waals surface area contributed by atoms with Crippen molar-refractivity contribution in [2.75, 3.05) is 6.61 Å². The van der Waals surface area contributed by atoms with Crippen LogP contribution in [0.15, 0.2) is 24.3 Å². The largest absolute Gasteiger partial charge is 0.394 e. The van der Waals surface area contributed by atoms with E-state index in [1.54, 1.807) is 6.08 Å². The first-order valence-corrected chi connectivity index (χ1v) is 20.6. The molecule has 0 fully saturated rings. The van der Waals surface area contributed by atoms with E-state index in [2.05, 4.69) is 31.3 Å². The smallest absolute Gasteiger partial charge is 0.220 e. The van der Waals surface area contributed by atoms with Crippen LogP contribution in [-0.2, 0) is 4.79 Å². The van der Waals surface area contributed by atoms with Crippen LogP contribution in [0.1, 0.15) is 219 Å². The Balaban J connectivity index is 3.53. The fraction of sp³-hybridized carbons (Fsp3) is 0.881. The zero-order valence-corrected chi connectivity index (χ0v) is 31.1. The van der Waals surface area contributed by atoms with Crippen LogP contribution in [0.2, 0.25) is 0 Å². The van der Waals surface area contributed by atoms with Gasteiger partial charge in [0, 0.05) is 6.42 Å². The fourth-order valence-electron chi connectivity index (χ4n) is 6.25. The van der Waals surface area contributed by atoms with Gasteiger partial charge in [-0.2, -0.15) is 0 Å². The van der Waals surface area contributed by atoms with Crippen LogP contribution in [0.4, 0.5) is 0 Å². The summed E-state index contributed by atoms with van der Waals surface area (Å²) in [6, 6.07) is -0.633. The Morgan fingerprint density at radius 2 is 0.848 bits per heavy atom. The summed E-state index contributed by atoms with van der Waals surface area (Å²) < 4.78 is 0. The number of hydrogen-bond donors (Lipinski definition) is 3. The zero-order chi connectivity index (χ0) is 33.6. The van der Waals surface area contributed by atoms with Crippen molar-refractivity contribution in [2.24, 2.45) is 0 Å². The van der Waals surface area contributed by atoms with E-state index in [1.165, 1.54) is 167 Å². The molecule has 0 radical (unpaired) electrons. The summed E-state index contributed by atoms with van der Waals surface area (Å²) in [5.41, 5.74) is 0. The normalized spacial score (nSPS) is 13.2. The SMILES string of the molecule is CCCCCCCC/C=C/CC/C=C/[C@@H](O)[C@H](CO)NC(=O)CCCCCCCCCCCCCCCCCCCCCCCC. The van der Waals surface area contributed by atoms with Crippen LogP contribution in [-0.4, -0.2) is 34.9 Å². The third-order valence-corrected chi connectivity index (χ3v) is 9.44. The summed E-state index contributed by atoms with van der Waals surface area (Å²) in [4.78, 5) is 12.3. The van der Waals surface area contributed by atoms with E-state index in [-0.39, 0.29) is 12.5 Å². The predicted octanol–water partition coefficient (Wildman–Crippen LogP) is 12.5. The number of aliphatic hydroxyl groups excluding tert-OH is 2. The van der Waals surface area contributed by atoms with Crippen molar-refractivity contribution in [1.29, 1.82) is 0 Å². The maximum Gasteiger partial charge on any atom is 0.220 e. The van der Waals surface area contributed by atoms with Gasteiger partial charge in [-0.25, -0.2) is 0 Å². The lowest BCUT2D eigenvalue weighted by Gasteiger charge is -2.19. The molecule has 3 N–H and O–H groups in total. The minimum atomic E-state index is -0.856. The molecule has 0 aromatic rings. The molecule has 0 spiro atoms. The molecule has 1 amide bonds. The van der Waals surface area contributed by atoms with Crippen LogP contribution in [0.5, 0.6) is 0 Å². The van der Waals surface area contributed by atoms with Gasteiger partial charge in [0.2, 0.25) is 5.91 Å². The predicted molar refractivity (Wildman–Crippen MR) is 202 cm³/mol. The highest BCUT2D eigenvalue weighted by Crippen LogP contribution is 2.16. The number of aliphatic hydroxyl groups is 2. The van der Waals surface area contributed by atoms with Crippen molar-refractivity contribution in [2.45, 2.75) is 231 Å².